The predicted molar refractivity (Wildman–Crippen MR) is 105 cm³/mol. The van der Waals surface area contributed by atoms with E-state index in [1.807, 2.05) is 6.07 Å². The van der Waals surface area contributed by atoms with Crippen molar-refractivity contribution < 1.29 is 19.1 Å². The molecule has 1 amide bonds. The standard InChI is InChI=1S/C21H27N3O4/c1-7-28-21(27)19-13(2)18(14(3)23(19)6)20(26)15(4)24(16(5)25)12-17-9-8-10-22-11-17/h8-11,15H,7,12H2,1-6H3. The molecule has 0 radical (unpaired) electrons. The number of aromatic nitrogens is 2. The van der Waals surface area contributed by atoms with Gasteiger partial charge >= 0.3 is 5.97 Å². The number of Topliss-reactive ketones (excluding diaryl/α,β-unsaturated/α-hetero) is 1. The molecule has 0 saturated carbocycles. The number of hydrogen-bond donors (Lipinski definition) is 0. The first-order valence-corrected chi connectivity index (χ1v) is 9.23. The average molecular weight is 385 g/mol. The summed E-state index contributed by atoms with van der Waals surface area (Å²) in [5.74, 6) is -0.877. The molecule has 0 bridgehead atoms. The first-order chi connectivity index (χ1) is 13.2. The fraction of sp³-hybridized carbons (Fsp3) is 0.429. The number of carbonyl (C=O) groups excluding carboxylic acids is 3. The highest BCUT2D eigenvalue weighted by atomic mass is 16.5. The minimum atomic E-state index is -0.687. The Balaban J connectivity index is 2.39. The second-order valence-corrected chi connectivity index (χ2v) is 6.76. The predicted octanol–water partition coefficient (Wildman–Crippen LogP) is 2.83. The van der Waals surface area contributed by atoms with Crippen LogP contribution in [0.5, 0.6) is 0 Å². The molecule has 0 spiro atoms. The lowest BCUT2D eigenvalue weighted by Gasteiger charge is -2.27. The van der Waals surface area contributed by atoms with E-state index >= 15 is 0 Å². The van der Waals surface area contributed by atoms with Crippen LogP contribution in [0.25, 0.3) is 0 Å². The van der Waals surface area contributed by atoms with Crippen molar-refractivity contribution in [3.05, 3.63) is 52.6 Å². The van der Waals surface area contributed by atoms with E-state index < -0.39 is 12.0 Å². The Morgan fingerprint density at radius 2 is 1.96 bits per heavy atom. The normalized spacial score (nSPS) is 11.8. The molecule has 1 atom stereocenters. The van der Waals surface area contributed by atoms with E-state index in [2.05, 4.69) is 4.98 Å². The van der Waals surface area contributed by atoms with Crippen LogP contribution < -0.4 is 0 Å². The number of ether oxygens (including phenoxy) is 1. The van der Waals surface area contributed by atoms with Crippen LogP contribution in [0.2, 0.25) is 0 Å². The van der Waals surface area contributed by atoms with Crippen LogP contribution in [0.4, 0.5) is 0 Å². The molecule has 28 heavy (non-hydrogen) atoms. The van der Waals surface area contributed by atoms with Gasteiger partial charge in [-0.25, -0.2) is 4.79 Å². The van der Waals surface area contributed by atoms with Gasteiger partial charge in [0.2, 0.25) is 5.91 Å². The maximum atomic E-state index is 13.3. The van der Waals surface area contributed by atoms with Crippen molar-refractivity contribution in [3.8, 4) is 0 Å². The van der Waals surface area contributed by atoms with Gasteiger partial charge in [0.1, 0.15) is 5.69 Å². The molecule has 0 saturated heterocycles. The molecule has 7 nitrogen and oxygen atoms in total. The number of ketones is 1. The van der Waals surface area contributed by atoms with Crippen LogP contribution in [0, 0.1) is 13.8 Å². The van der Waals surface area contributed by atoms with E-state index in [1.165, 1.54) is 11.8 Å². The summed E-state index contributed by atoms with van der Waals surface area (Å²) in [5.41, 5.74) is 2.89. The van der Waals surface area contributed by atoms with Crippen molar-refractivity contribution in [1.82, 2.24) is 14.5 Å². The molecule has 2 aromatic rings. The summed E-state index contributed by atoms with van der Waals surface area (Å²) in [6, 6.07) is 2.96. The minimum Gasteiger partial charge on any atom is -0.461 e. The largest absolute Gasteiger partial charge is 0.461 e. The fourth-order valence-corrected chi connectivity index (χ4v) is 3.39. The first-order valence-electron chi connectivity index (χ1n) is 9.23. The molecule has 0 aliphatic rings. The zero-order valence-electron chi connectivity index (χ0n) is 17.3. The average Bonchev–Trinajstić information content (AvgIpc) is 2.88. The van der Waals surface area contributed by atoms with Crippen LogP contribution in [0.3, 0.4) is 0 Å². The van der Waals surface area contributed by atoms with Crippen molar-refractivity contribution in [3.63, 3.8) is 0 Å². The van der Waals surface area contributed by atoms with Crippen molar-refractivity contribution in [2.24, 2.45) is 7.05 Å². The van der Waals surface area contributed by atoms with Gasteiger partial charge in [-0.2, -0.15) is 0 Å². The molecule has 2 aromatic heterocycles. The molecule has 7 heteroatoms. The molecular formula is C21H27N3O4. The van der Waals surface area contributed by atoms with E-state index in [0.717, 1.165) is 5.56 Å². The van der Waals surface area contributed by atoms with E-state index in [0.29, 0.717) is 22.5 Å². The second-order valence-electron chi connectivity index (χ2n) is 6.76. The minimum absolute atomic E-state index is 0.207. The number of pyridine rings is 1. The molecule has 0 aromatic carbocycles. The third kappa shape index (κ3) is 4.13. The van der Waals surface area contributed by atoms with Gasteiger partial charge in [0, 0.05) is 44.2 Å². The summed E-state index contributed by atoms with van der Waals surface area (Å²) >= 11 is 0. The highest BCUT2D eigenvalue weighted by Crippen LogP contribution is 2.25. The maximum Gasteiger partial charge on any atom is 0.355 e. The van der Waals surface area contributed by atoms with Gasteiger partial charge in [-0.05, 0) is 44.9 Å². The SMILES string of the molecule is CCOC(=O)c1c(C)c(C(=O)C(C)N(Cc2cccnc2)C(C)=O)c(C)n1C. The Hall–Kier alpha value is -2.96. The molecule has 0 aliphatic heterocycles. The lowest BCUT2D eigenvalue weighted by Crippen LogP contribution is -2.42. The van der Waals surface area contributed by atoms with Crippen LogP contribution >= 0.6 is 0 Å². The van der Waals surface area contributed by atoms with Crippen molar-refractivity contribution >= 4 is 17.7 Å². The maximum absolute atomic E-state index is 13.3. The summed E-state index contributed by atoms with van der Waals surface area (Å²) in [5, 5.41) is 0. The zero-order chi connectivity index (χ0) is 21.0. The number of hydrogen-bond acceptors (Lipinski definition) is 5. The van der Waals surface area contributed by atoms with E-state index in [9.17, 15) is 14.4 Å². The highest BCUT2D eigenvalue weighted by molar-refractivity contribution is 6.06. The fourth-order valence-electron chi connectivity index (χ4n) is 3.39. The molecule has 2 rings (SSSR count). The quantitative estimate of drug-likeness (QED) is 0.541. The molecular weight excluding hydrogens is 358 g/mol. The van der Waals surface area contributed by atoms with Crippen molar-refractivity contribution in [2.75, 3.05) is 6.61 Å². The molecule has 0 N–H and O–H groups in total. The second kappa shape index (κ2) is 8.82. The summed E-state index contributed by atoms with van der Waals surface area (Å²) in [4.78, 5) is 43.4. The topological polar surface area (TPSA) is 81.5 Å². The van der Waals surface area contributed by atoms with Gasteiger partial charge in [0.15, 0.2) is 5.78 Å². The Labute approximate surface area is 165 Å². The van der Waals surface area contributed by atoms with Gasteiger partial charge < -0.3 is 14.2 Å². The van der Waals surface area contributed by atoms with E-state index in [4.69, 9.17) is 4.74 Å². The van der Waals surface area contributed by atoms with Gasteiger partial charge in [-0.15, -0.1) is 0 Å². The van der Waals surface area contributed by atoms with Crippen LogP contribution in [0.1, 0.15) is 58.4 Å². The molecule has 2 heterocycles. The van der Waals surface area contributed by atoms with Crippen molar-refractivity contribution in [1.29, 1.82) is 0 Å². The molecule has 150 valence electrons. The lowest BCUT2D eigenvalue weighted by atomic mass is 9.99. The number of rotatable bonds is 7. The third-order valence-electron chi connectivity index (χ3n) is 4.97. The van der Waals surface area contributed by atoms with Crippen LogP contribution in [-0.2, 0) is 23.1 Å². The smallest absolute Gasteiger partial charge is 0.355 e. The third-order valence-corrected chi connectivity index (χ3v) is 4.97. The number of amides is 1. The van der Waals surface area contributed by atoms with Crippen molar-refractivity contribution in [2.45, 2.75) is 47.2 Å². The molecule has 0 aliphatic carbocycles. The highest BCUT2D eigenvalue weighted by Gasteiger charge is 2.31. The first kappa shape index (κ1) is 21.3. The van der Waals surface area contributed by atoms with Gasteiger partial charge in [-0.1, -0.05) is 6.07 Å². The van der Waals surface area contributed by atoms with Gasteiger partial charge in [0.25, 0.3) is 0 Å². The summed E-state index contributed by atoms with van der Waals surface area (Å²) in [6.45, 7) is 8.94. The zero-order valence-corrected chi connectivity index (χ0v) is 17.3. The summed E-state index contributed by atoms with van der Waals surface area (Å²) in [6.07, 6.45) is 3.33. The summed E-state index contributed by atoms with van der Waals surface area (Å²) < 4.78 is 6.79. The van der Waals surface area contributed by atoms with Crippen LogP contribution in [-0.4, -0.2) is 44.8 Å². The van der Waals surface area contributed by atoms with Gasteiger partial charge in [0.05, 0.1) is 12.6 Å². The number of nitrogens with zero attached hydrogens (tertiary/aromatic N) is 3. The Kier molecular flexibility index (Phi) is 6.72. The molecule has 0 fully saturated rings. The Morgan fingerprint density at radius 3 is 2.50 bits per heavy atom. The summed E-state index contributed by atoms with van der Waals surface area (Å²) in [7, 11) is 1.73. The monoisotopic (exact) mass is 385 g/mol. The lowest BCUT2D eigenvalue weighted by molar-refractivity contribution is -0.130. The van der Waals surface area contributed by atoms with Gasteiger partial charge in [-0.3, -0.25) is 14.6 Å². The Morgan fingerprint density at radius 1 is 1.29 bits per heavy atom. The van der Waals surface area contributed by atoms with E-state index in [-0.39, 0.29) is 24.8 Å². The molecule has 1 unspecified atom stereocenters. The number of esters is 1. The number of carbonyl (C=O) groups is 3. The Bertz CT molecular complexity index is 887. The van der Waals surface area contributed by atoms with E-state index in [1.54, 1.807) is 57.8 Å². The van der Waals surface area contributed by atoms with Crippen LogP contribution in [0.15, 0.2) is 24.5 Å².